The van der Waals surface area contributed by atoms with Crippen LogP contribution in [0.15, 0.2) is 12.1 Å². The third kappa shape index (κ3) is 4.25. The Hall–Kier alpha value is -1.16. The fourth-order valence-corrected chi connectivity index (χ4v) is 1.74. The maximum absolute atomic E-state index is 10.5. The van der Waals surface area contributed by atoms with Crippen molar-refractivity contribution in [3.63, 3.8) is 0 Å². The number of aryl methyl sites for hydroxylation is 2. The number of H-pyrrole nitrogens is 1. The molecule has 0 fully saturated rings. The van der Waals surface area contributed by atoms with Crippen molar-refractivity contribution in [3.8, 4) is 0 Å². The van der Waals surface area contributed by atoms with Gasteiger partial charge in [0.2, 0.25) is 5.91 Å². The number of rotatable bonds is 5. The van der Waals surface area contributed by atoms with Crippen molar-refractivity contribution in [1.29, 1.82) is 0 Å². The van der Waals surface area contributed by atoms with Crippen molar-refractivity contribution in [2.75, 3.05) is 0 Å². The van der Waals surface area contributed by atoms with Crippen LogP contribution in [0, 0.1) is 11.6 Å². The molecule has 0 saturated carbocycles. The molecule has 3 nitrogen and oxygen atoms in total. The average Bonchev–Trinajstić information content (AvgIpc) is 2.14. The van der Waals surface area contributed by atoms with Crippen LogP contribution < -0.4 is 5.73 Å². The van der Waals surface area contributed by atoms with Gasteiger partial charge in [-0.05, 0) is 37.8 Å². The molecule has 0 unspecified atom stereocenters. The van der Waals surface area contributed by atoms with Crippen LogP contribution in [0.5, 0.6) is 0 Å². The Kier molecular flexibility index (Phi) is 4.49. The summed E-state index contributed by atoms with van der Waals surface area (Å²) < 4.78 is 0.800. The van der Waals surface area contributed by atoms with Crippen LogP contribution in [0.4, 0.5) is 0 Å². The number of hydrogen-bond acceptors (Lipinski definition) is 2. The first-order chi connectivity index (χ1) is 7.09. The van der Waals surface area contributed by atoms with Crippen molar-refractivity contribution in [2.45, 2.75) is 32.6 Å². The van der Waals surface area contributed by atoms with Gasteiger partial charge in [-0.1, -0.05) is 18.3 Å². The molecule has 0 atom stereocenters. The van der Waals surface area contributed by atoms with Crippen molar-refractivity contribution in [1.82, 2.24) is 4.98 Å². The summed E-state index contributed by atoms with van der Waals surface area (Å²) in [5.41, 5.74) is 7.27. The van der Waals surface area contributed by atoms with Crippen molar-refractivity contribution in [3.05, 3.63) is 28.0 Å². The highest BCUT2D eigenvalue weighted by molar-refractivity contribution is 7.71. The van der Waals surface area contributed by atoms with Crippen LogP contribution in [-0.2, 0) is 11.2 Å². The second-order valence-electron chi connectivity index (χ2n) is 3.67. The van der Waals surface area contributed by atoms with Gasteiger partial charge in [0.05, 0.1) is 0 Å². The molecule has 1 heterocycles. The zero-order valence-corrected chi connectivity index (χ0v) is 9.69. The van der Waals surface area contributed by atoms with E-state index >= 15 is 0 Å². The summed E-state index contributed by atoms with van der Waals surface area (Å²) in [6.45, 7) is 1.98. The molecule has 0 spiro atoms. The molecule has 1 aromatic rings. The summed E-state index contributed by atoms with van der Waals surface area (Å²) in [4.78, 5) is 13.6. The zero-order chi connectivity index (χ0) is 11.3. The first-order valence-electron chi connectivity index (χ1n) is 5.06. The summed E-state index contributed by atoms with van der Waals surface area (Å²) in [6.07, 6.45) is 3.15. The Bertz CT molecular complexity index is 398. The topological polar surface area (TPSA) is 58.9 Å². The van der Waals surface area contributed by atoms with Gasteiger partial charge in [-0.3, -0.25) is 4.79 Å². The van der Waals surface area contributed by atoms with Crippen molar-refractivity contribution < 1.29 is 4.79 Å². The quantitative estimate of drug-likeness (QED) is 0.595. The van der Waals surface area contributed by atoms with Crippen molar-refractivity contribution in [2.24, 2.45) is 5.73 Å². The molecule has 0 saturated heterocycles. The SMILES string of the molecule is Cc1ccc(CCCCC(N)=O)c(=S)[nH]1. The van der Waals surface area contributed by atoms with E-state index in [0.717, 1.165) is 35.2 Å². The normalized spacial score (nSPS) is 10.2. The lowest BCUT2D eigenvalue weighted by Crippen LogP contribution is -2.09. The lowest BCUT2D eigenvalue weighted by Gasteiger charge is -2.02. The summed E-state index contributed by atoms with van der Waals surface area (Å²) >= 11 is 5.19. The Morgan fingerprint density at radius 3 is 2.80 bits per heavy atom. The largest absolute Gasteiger partial charge is 0.370 e. The van der Waals surface area contributed by atoms with Gasteiger partial charge in [0.15, 0.2) is 0 Å². The number of hydrogen-bond donors (Lipinski definition) is 2. The van der Waals surface area contributed by atoms with E-state index in [1.807, 2.05) is 19.1 Å². The Morgan fingerprint density at radius 2 is 2.20 bits per heavy atom. The summed E-state index contributed by atoms with van der Waals surface area (Å²) in [6, 6.07) is 4.05. The molecule has 0 aromatic carbocycles. The number of amides is 1. The number of pyridine rings is 1. The molecular weight excluding hydrogens is 208 g/mol. The molecule has 1 aromatic heterocycles. The number of aromatic nitrogens is 1. The molecule has 4 heteroatoms. The van der Waals surface area contributed by atoms with Crippen LogP contribution in [0.2, 0.25) is 0 Å². The molecule has 1 rings (SSSR count). The molecule has 0 aliphatic heterocycles. The van der Waals surface area contributed by atoms with E-state index in [9.17, 15) is 4.79 Å². The van der Waals surface area contributed by atoms with Gasteiger partial charge in [0.1, 0.15) is 4.64 Å². The zero-order valence-electron chi connectivity index (χ0n) is 8.88. The molecule has 0 bridgehead atoms. The fraction of sp³-hybridized carbons (Fsp3) is 0.455. The maximum atomic E-state index is 10.5. The number of unbranched alkanes of at least 4 members (excludes halogenated alkanes) is 1. The molecule has 0 radical (unpaired) electrons. The highest BCUT2D eigenvalue weighted by atomic mass is 32.1. The number of carbonyl (C=O) groups is 1. The van der Waals surface area contributed by atoms with Crippen LogP contribution in [0.1, 0.15) is 30.5 Å². The molecule has 1 amide bonds. The van der Waals surface area contributed by atoms with Gasteiger partial charge in [-0.25, -0.2) is 0 Å². The second kappa shape index (κ2) is 5.66. The molecule has 0 aliphatic rings. The Balaban J connectivity index is 2.44. The second-order valence-corrected chi connectivity index (χ2v) is 4.08. The highest BCUT2D eigenvalue weighted by Crippen LogP contribution is 2.08. The summed E-state index contributed by atoms with van der Waals surface area (Å²) in [5.74, 6) is -0.232. The number of nitrogens with two attached hydrogens (primary N) is 1. The van der Waals surface area contributed by atoms with E-state index in [0.29, 0.717) is 6.42 Å². The third-order valence-corrected chi connectivity index (χ3v) is 2.62. The minimum Gasteiger partial charge on any atom is -0.370 e. The van der Waals surface area contributed by atoms with E-state index in [1.54, 1.807) is 0 Å². The first kappa shape index (κ1) is 11.9. The predicted molar refractivity (Wildman–Crippen MR) is 63.1 cm³/mol. The van der Waals surface area contributed by atoms with E-state index in [-0.39, 0.29) is 5.91 Å². The third-order valence-electron chi connectivity index (χ3n) is 2.26. The number of nitrogens with one attached hydrogen (secondary N) is 1. The maximum Gasteiger partial charge on any atom is 0.217 e. The monoisotopic (exact) mass is 224 g/mol. The van der Waals surface area contributed by atoms with Gasteiger partial charge >= 0.3 is 0 Å². The van der Waals surface area contributed by atoms with Crippen LogP contribution in [-0.4, -0.2) is 10.9 Å². The van der Waals surface area contributed by atoms with E-state index < -0.39 is 0 Å². The summed E-state index contributed by atoms with van der Waals surface area (Å²) in [5, 5.41) is 0. The van der Waals surface area contributed by atoms with E-state index in [2.05, 4.69) is 4.98 Å². The number of primary amides is 1. The lowest BCUT2D eigenvalue weighted by atomic mass is 10.1. The lowest BCUT2D eigenvalue weighted by molar-refractivity contribution is -0.118. The minimum absolute atomic E-state index is 0.232. The molecule has 82 valence electrons. The molecule has 0 aliphatic carbocycles. The van der Waals surface area contributed by atoms with Gasteiger partial charge in [-0.15, -0.1) is 0 Å². The first-order valence-corrected chi connectivity index (χ1v) is 5.47. The van der Waals surface area contributed by atoms with Crippen molar-refractivity contribution >= 4 is 18.1 Å². The Labute approximate surface area is 94.7 Å². The van der Waals surface area contributed by atoms with E-state index in [4.69, 9.17) is 18.0 Å². The molecule has 15 heavy (non-hydrogen) atoms. The van der Waals surface area contributed by atoms with Crippen LogP contribution in [0.3, 0.4) is 0 Å². The number of aromatic amines is 1. The van der Waals surface area contributed by atoms with Crippen LogP contribution in [0.25, 0.3) is 0 Å². The van der Waals surface area contributed by atoms with Gasteiger partial charge in [-0.2, -0.15) is 0 Å². The van der Waals surface area contributed by atoms with Crippen LogP contribution >= 0.6 is 12.2 Å². The Morgan fingerprint density at radius 1 is 1.47 bits per heavy atom. The molecular formula is C11H16N2OS. The molecule has 3 N–H and O–H groups in total. The summed E-state index contributed by atoms with van der Waals surface area (Å²) in [7, 11) is 0. The smallest absolute Gasteiger partial charge is 0.217 e. The predicted octanol–water partition coefficient (Wildman–Crippen LogP) is 2.25. The minimum atomic E-state index is -0.232. The average molecular weight is 224 g/mol. The van der Waals surface area contributed by atoms with Gasteiger partial charge < -0.3 is 10.7 Å². The van der Waals surface area contributed by atoms with Gasteiger partial charge in [0.25, 0.3) is 0 Å². The number of carbonyl (C=O) groups excluding carboxylic acids is 1. The highest BCUT2D eigenvalue weighted by Gasteiger charge is 1.98. The van der Waals surface area contributed by atoms with E-state index in [1.165, 1.54) is 0 Å². The standard InChI is InChI=1S/C11H16N2OS/c1-8-6-7-9(11(15)13-8)4-2-3-5-10(12)14/h6-7H,2-5H2,1H3,(H2,12,14)(H,13,15). The fourth-order valence-electron chi connectivity index (χ4n) is 1.41. The van der Waals surface area contributed by atoms with Gasteiger partial charge in [0, 0.05) is 12.1 Å².